The normalized spacial score (nSPS) is 11.0. The summed E-state index contributed by atoms with van der Waals surface area (Å²) >= 11 is 3.19. The summed E-state index contributed by atoms with van der Waals surface area (Å²) in [6.07, 6.45) is 0. The van der Waals surface area contributed by atoms with Crippen LogP contribution in [0.4, 0.5) is 0 Å². The second-order valence-corrected chi connectivity index (χ2v) is 7.69. The number of benzene rings is 1. The van der Waals surface area contributed by atoms with E-state index in [0.29, 0.717) is 11.3 Å². The smallest absolute Gasteiger partial charge is 0.340 e. The Hall–Kier alpha value is -2.57. The molecule has 0 spiro atoms. The molecule has 0 aliphatic rings. The standard InChI is InChI=1S/C20H16N2O2S2/c1-12-3-4-18-15(7-12)8-17(13(2)21-18)20(23)24-9-16-11-26-19(22-16)14-5-6-25-10-14/h3-8,10-11H,9H2,1-2H3. The summed E-state index contributed by atoms with van der Waals surface area (Å²) in [4.78, 5) is 21.6. The number of aryl methyl sites for hydroxylation is 2. The Morgan fingerprint density at radius 2 is 2.00 bits per heavy atom. The van der Waals surface area contributed by atoms with Gasteiger partial charge in [0.25, 0.3) is 0 Å². The summed E-state index contributed by atoms with van der Waals surface area (Å²) in [7, 11) is 0. The van der Waals surface area contributed by atoms with Crippen molar-refractivity contribution in [2.75, 3.05) is 0 Å². The van der Waals surface area contributed by atoms with E-state index in [-0.39, 0.29) is 12.6 Å². The molecule has 4 aromatic rings. The number of carbonyl (C=O) groups excluding carboxylic acids is 1. The summed E-state index contributed by atoms with van der Waals surface area (Å²) in [5, 5.41) is 7.89. The lowest BCUT2D eigenvalue weighted by Crippen LogP contribution is -2.08. The van der Waals surface area contributed by atoms with Gasteiger partial charge in [-0.05, 0) is 43.5 Å². The first-order valence-electron chi connectivity index (χ1n) is 8.12. The van der Waals surface area contributed by atoms with E-state index in [1.807, 2.05) is 54.9 Å². The average molecular weight is 380 g/mol. The Kier molecular flexibility index (Phi) is 4.53. The van der Waals surface area contributed by atoms with E-state index in [1.54, 1.807) is 22.7 Å². The predicted octanol–water partition coefficient (Wildman–Crippen LogP) is 5.39. The van der Waals surface area contributed by atoms with Gasteiger partial charge in [0.1, 0.15) is 11.6 Å². The number of esters is 1. The molecule has 0 N–H and O–H groups in total. The van der Waals surface area contributed by atoms with Crippen molar-refractivity contribution >= 4 is 39.5 Å². The summed E-state index contributed by atoms with van der Waals surface area (Å²) in [5.74, 6) is -0.372. The second kappa shape index (κ2) is 6.97. The maximum atomic E-state index is 12.5. The highest BCUT2D eigenvalue weighted by molar-refractivity contribution is 7.14. The molecule has 4 nitrogen and oxygen atoms in total. The van der Waals surface area contributed by atoms with Gasteiger partial charge in [0.15, 0.2) is 0 Å². The molecule has 130 valence electrons. The highest BCUT2D eigenvalue weighted by Gasteiger charge is 2.14. The third-order valence-corrected chi connectivity index (χ3v) is 5.68. The van der Waals surface area contributed by atoms with Crippen molar-refractivity contribution in [3.63, 3.8) is 0 Å². The van der Waals surface area contributed by atoms with E-state index < -0.39 is 0 Å². The average Bonchev–Trinajstić information content (AvgIpc) is 3.30. The Balaban J connectivity index is 1.51. The van der Waals surface area contributed by atoms with E-state index >= 15 is 0 Å². The minimum absolute atomic E-state index is 0.158. The first kappa shape index (κ1) is 16.9. The molecule has 0 saturated heterocycles. The van der Waals surface area contributed by atoms with Crippen molar-refractivity contribution in [2.45, 2.75) is 20.5 Å². The number of aromatic nitrogens is 2. The van der Waals surface area contributed by atoms with Gasteiger partial charge in [-0.25, -0.2) is 9.78 Å². The summed E-state index contributed by atoms with van der Waals surface area (Å²) in [5.41, 5.74) is 5.03. The van der Waals surface area contributed by atoms with Gasteiger partial charge >= 0.3 is 5.97 Å². The van der Waals surface area contributed by atoms with Crippen LogP contribution in [-0.4, -0.2) is 15.9 Å². The summed E-state index contributed by atoms with van der Waals surface area (Å²) in [6, 6.07) is 9.89. The molecular formula is C20H16N2O2S2. The number of pyridine rings is 1. The fraction of sp³-hybridized carbons (Fsp3) is 0.150. The molecule has 0 fully saturated rings. The van der Waals surface area contributed by atoms with Crippen LogP contribution in [0.2, 0.25) is 0 Å². The molecule has 6 heteroatoms. The minimum atomic E-state index is -0.372. The maximum absolute atomic E-state index is 12.5. The van der Waals surface area contributed by atoms with Crippen LogP contribution in [-0.2, 0) is 11.3 Å². The third-order valence-electron chi connectivity index (χ3n) is 4.05. The van der Waals surface area contributed by atoms with Gasteiger partial charge in [-0.3, -0.25) is 4.98 Å². The van der Waals surface area contributed by atoms with Crippen molar-refractivity contribution in [3.8, 4) is 10.6 Å². The van der Waals surface area contributed by atoms with E-state index in [0.717, 1.165) is 32.7 Å². The van der Waals surface area contributed by atoms with E-state index in [9.17, 15) is 4.79 Å². The number of thiazole rings is 1. The molecule has 0 aliphatic heterocycles. The van der Waals surface area contributed by atoms with Crippen LogP contribution in [0.1, 0.15) is 27.3 Å². The molecule has 4 rings (SSSR count). The molecule has 0 bridgehead atoms. The zero-order valence-corrected chi connectivity index (χ0v) is 16.0. The number of carbonyl (C=O) groups is 1. The lowest BCUT2D eigenvalue weighted by atomic mass is 10.1. The van der Waals surface area contributed by atoms with E-state index in [1.165, 1.54) is 0 Å². The number of hydrogen-bond acceptors (Lipinski definition) is 6. The van der Waals surface area contributed by atoms with Crippen LogP contribution >= 0.6 is 22.7 Å². The fourth-order valence-corrected chi connectivity index (χ4v) is 4.22. The van der Waals surface area contributed by atoms with Gasteiger partial charge < -0.3 is 4.74 Å². The summed E-state index contributed by atoms with van der Waals surface area (Å²) < 4.78 is 5.47. The third kappa shape index (κ3) is 3.38. The number of hydrogen-bond donors (Lipinski definition) is 0. The largest absolute Gasteiger partial charge is 0.455 e. The topological polar surface area (TPSA) is 52.1 Å². The number of ether oxygens (including phenoxy) is 1. The van der Waals surface area contributed by atoms with Crippen LogP contribution in [0.3, 0.4) is 0 Å². The first-order valence-corrected chi connectivity index (χ1v) is 9.94. The van der Waals surface area contributed by atoms with Crippen molar-refractivity contribution in [3.05, 3.63) is 69.0 Å². The molecule has 0 aliphatic carbocycles. The molecule has 0 amide bonds. The number of nitrogens with zero attached hydrogens (tertiary/aromatic N) is 2. The molecule has 0 saturated carbocycles. The van der Waals surface area contributed by atoms with Gasteiger partial charge in [-0.15, -0.1) is 11.3 Å². The molecule has 0 atom stereocenters. The van der Waals surface area contributed by atoms with Crippen molar-refractivity contribution in [1.82, 2.24) is 9.97 Å². The van der Waals surface area contributed by atoms with Gasteiger partial charge in [-0.1, -0.05) is 11.6 Å². The lowest BCUT2D eigenvalue weighted by molar-refractivity contribution is 0.0467. The molecule has 3 aromatic heterocycles. The van der Waals surface area contributed by atoms with Gasteiger partial charge in [0, 0.05) is 21.7 Å². The SMILES string of the molecule is Cc1ccc2nc(C)c(C(=O)OCc3csc(-c4ccsc4)n3)cc2c1. The molecule has 26 heavy (non-hydrogen) atoms. The predicted molar refractivity (Wildman–Crippen MR) is 106 cm³/mol. The minimum Gasteiger partial charge on any atom is -0.455 e. The van der Waals surface area contributed by atoms with Crippen molar-refractivity contribution in [1.29, 1.82) is 0 Å². The number of thiophene rings is 1. The molecule has 0 radical (unpaired) electrons. The van der Waals surface area contributed by atoms with Crippen LogP contribution in [0, 0.1) is 13.8 Å². The van der Waals surface area contributed by atoms with Crippen LogP contribution in [0.15, 0.2) is 46.5 Å². The monoisotopic (exact) mass is 380 g/mol. The molecule has 3 heterocycles. The number of fused-ring (bicyclic) bond motifs is 1. The zero-order chi connectivity index (χ0) is 18.1. The first-order chi connectivity index (χ1) is 12.6. The second-order valence-electron chi connectivity index (χ2n) is 6.05. The molecule has 1 aromatic carbocycles. The molecule has 0 unspecified atom stereocenters. The van der Waals surface area contributed by atoms with Gasteiger partial charge in [-0.2, -0.15) is 11.3 Å². The lowest BCUT2D eigenvalue weighted by Gasteiger charge is -2.08. The Bertz CT molecular complexity index is 1080. The summed E-state index contributed by atoms with van der Waals surface area (Å²) in [6.45, 7) is 4.00. The quantitative estimate of drug-likeness (QED) is 0.445. The van der Waals surface area contributed by atoms with E-state index in [2.05, 4.69) is 15.3 Å². The highest BCUT2D eigenvalue weighted by Crippen LogP contribution is 2.26. The Morgan fingerprint density at radius 1 is 1.12 bits per heavy atom. The van der Waals surface area contributed by atoms with Crippen molar-refractivity contribution in [2.24, 2.45) is 0 Å². The van der Waals surface area contributed by atoms with Gasteiger partial charge in [0.2, 0.25) is 0 Å². The molecular weight excluding hydrogens is 364 g/mol. The van der Waals surface area contributed by atoms with Crippen LogP contribution in [0.25, 0.3) is 21.5 Å². The van der Waals surface area contributed by atoms with Crippen LogP contribution in [0.5, 0.6) is 0 Å². The fourth-order valence-electron chi connectivity index (χ4n) is 2.71. The van der Waals surface area contributed by atoms with Crippen molar-refractivity contribution < 1.29 is 9.53 Å². The Morgan fingerprint density at radius 3 is 2.81 bits per heavy atom. The Labute approximate surface area is 159 Å². The highest BCUT2D eigenvalue weighted by atomic mass is 32.1. The number of rotatable bonds is 4. The van der Waals surface area contributed by atoms with E-state index in [4.69, 9.17) is 4.74 Å². The van der Waals surface area contributed by atoms with Crippen LogP contribution < -0.4 is 0 Å². The van der Waals surface area contributed by atoms with Gasteiger partial charge in [0.05, 0.1) is 22.5 Å². The zero-order valence-electron chi connectivity index (χ0n) is 14.4. The maximum Gasteiger partial charge on any atom is 0.340 e.